The maximum absolute atomic E-state index is 11.5. The molecule has 0 saturated heterocycles. The van der Waals surface area contributed by atoms with Crippen molar-refractivity contribution in [3.8, 4) is 5.75 Å². The lowest BCUT2D eigenvalue weighted by molar-refractivity contribution is -0.145. The van der Waals surface area contributed by atoms with E-state index in [1.54, 1.807) is 0 Å². The lowest BCUT2D eigenvalue weighted by atomic mass is 9.97. The summed E-state index contributed by atoms with van der Waals surface area (Å²) in [5.74, 6) is 0.659. The summed E-state index contributed by atoms with van der Waals surface area (Å²) in [6.07, 6.45) is 1.68. The first kappa shape index (κ1) is 14.6. The molecule has 1 aromatic rings. The normalized spacial score (nSPS) is 12.3. The number of hydrogen-bond donors (Lipinski definition) is 0. The van der Waals surface area contributed by atoms with Crippen molar-refractivity contribution in [1.82, 2.24) is 0 Å². The third-order valence-corrected chi connectivity index (χ3v) is 2.80. The van der Waals surface area contributed by atoms with Crippen LogP contribution in [0.15, 0.2) is 24.3 Å². The Morgan fingerprint density at radius 1 is 1.22 bits per heavy atom. The SMILES string of the molecule is CCC(Cc1ccc(OC(C)C)cc1)C(=O)OC. The van der Waals surface area contributed by atoms with E-state index in [2.05, 4.69) is 0 Å². The molecular weight excluding hydrogens is 228 g/mol. The molecule has 0 aliphatic rings. The third kappa shape index (κ3) is 4.40. The molecule has 18 heavy (non-hydrogen) atoms. The van der Waals surface area contributed by atoms with Crippen molar-refractivity contribution >= 4 is 5.97 Å². The number of hydrogen-bond acceptors (Lipinski definition) is 3. The van der Waals surface area contributed by atoms with Gasteiger partial charge in [-0.2, -0.15) is 0 Å². The fourth-order valence-corrected chi connectivity index (χ4v) is 1.82. The van der Waals surface area contributed by atoms with Gasteiger partial charge in [0.25, 0.3) is 0 Å². The van der Waals surface area contributed by atoms with Gasteiger partial charge >= 0.3 is 5.97 Å². The van der Waals surface area contributed by atoms with Crippen LogP contribution in [0.3, 0.4) is 0 Å². The number of rotatable bonds is 6. The molecule has 0 amide bonds. The highest BCUT2D eigenvalue weighted by Gasteiger charge is 2.17. The van der Waals surface area contributed by atoms with Crippen molar-refractivity contribution in [2.24, 2.45) is 5.92 Å². The van der Waals surface area contributed by atoms with Gasteiger partial charge in [-0.3, -0.25) is 4.79 Å². The highest BCUT2D eigenvalue weighted by molar-refractivity contribution is 5.72. The number of carbonyl (C=O) groups is 1. The van der Waals surface area contributed by atoms with E-state index in [0.29, 0.717) is 6.42 Å². The summed E-state index contributed by atoms with van der Waals surface area (Å²) in [5, 5.41) is 0. The van der Waals surface area contributed by atoms with Crippen LogP contribution < -0.4 is 4.74 Å². The van der Waals surface area contributed by atoms with Crippen LogP contribution in [0.5, 0.6) is 5.75 Å². The second-order valence-corrected chi connectivity index (χ2v) is 4.64. The van der Waals surface area contributed by atoms with Gasteiger partial charge in [0, 0.05) is 0 Å². The van der Waals surface area contributed by atoms with Crippen LogP contribution >= 0.6 is 0 Å². The van der Waals surface area contributed by atoms with E-state index in [0.717, 1.165) is 17.7 Å². The third-order valence-electron chi connectivity index (χ3n) is 2.80. The second kappa shape index (κ2) is 7.04. The first-order valence-corrected chi connectivity index (χ1v) is 6.40. The Labute approximate surface area is 109 Å². The molecule has 1 atom stereocenters. The molecule has 1 rings (SSSR count). The van der Waals surface area contributed by atoms with Gasteiger partial charge < -0.3 is 9.47 Å². The quantitative estimate of drug-likeness (QED) is 0.727. The summed E-state index contributed by atoms with van der Waals surface area (Å²) < 4.78 is 10.4. The minimum Gasteiger partial charge on any atom is -0.491 e. The van der Waals surface area contributed by atoms with Gasteiger partial charge in [0.15, 0.2) is 0 Å². The Morgan fingerprint density at radius 2 is 1.83 bits per heavy atom. The van der Waals surface area contributed by atoms with E-state index in [4.69, 9.17) is 9.47 Å². The number of methoxy groups -OCH3 is 1. The highest BCUT2D eigenvalue weighted by Crippen LogP contribution is 2.18. The topological polar surface area (TPSA) is 35.5 Å². The second-order valence-electron chi connectivity index (χ2n) is 4.64. The summed E-state index contributed by atoms with van der Waals surface area (Å²) in [6, 6.07) is 7.89. The van der Waals surface area contributed by atoms with Crippen molar-refractivity contribution < 1.29 is 14.3 Å². The van der Waals surface area contributed by atoms with E-state index in [1.165, 1.54) is 7.11 Å². The van der Waals surface area contributed by atoms with Crippen LogP contribution in [0.4, 0.5) is 0 Å². The van der Waals surface area contributed by atoms with E-state index in [-0.39, 0.29) is 18.0 Å². The van der Waals surface area contributed by atoms with Crippen LogP contribution in [0.1, 0.15) is 32.8 Å². The van der Waals surface area contributed by atoms with Crippen molar-refractivity contribution in [3.63, 3.8) is 0 Å². The number of ether oxygens (including phenoxy) is 2. The van der Waals surface area contributed by atoms with Crippen LogP contribution in [0.25, 0.3) is 0 Å². The van der Waals surface area contributed by atoms with E-state index in [9.17, 15) is 4.79 Å². The van der Waals surface area contributed by atoms with Gasteiger partial charge in [-0.1, -0.05) is 19.1 Å². The zero-order valence-electron chi connectivity index (χ0n) is 11.6. The summed E-state index contributed by atoms with van der Waals surface area (Å²) >= 11 is 0. The predicted octanol–water partition coefficient (Wildman–Crippen LogP) is 3.22. The molecular formula is C15H22O3. The van der Waals surface area contributed by atoms with Crippen molar-refractivity contribution in [3.05, 3.63) is 29.8 Å². The number of benzene rings is 1. The monoisotopic (exact) mass is 250 g/mol. The maximum Gasteiger partial charge on any atom is 0.308 e. The molecule has 0 saturated carbocycles. The Bertz CT molecular complexity index is 368. The number of carbonyl (C=O) groups excluding carboxylic acids is 1. The van der Waals surface area contributed by atoms with Gasteiger partial charge in [0.2, 0.25) is 0 Å². The molecule has 0 spiro atoms. The Morgan fingerprint density at radius 3 is 2.28 bits per heavy atom. The molecule has 3 heteroatoms. The fourth-order valence-electron chi connectivity index (χ4n) is 1.82. The van der Waals surface area contributed by atoms with E-state index < -0.39 is 0 Å². The zero-order valence-corrected chi connectivity index (χ0v) is 11.6. The van der Waals surface area contributed by atoms with Crippen molar-refractivity contribution in [2.75, 3.05) is 7.11 Å². The lowest BCUT2D eigenvalue weighted by Crippen LogP contribution is -2.17. The average molecular weight is 250 g/mol. The largest absolute Gasteiger partial charge is 0.491 e. The summed E-state index contributed by atoms with van der Waals surface area (Å²) in [6.45, 7) is 5.99. The summed E-state index contributed by atoms with van der Waals surface area (Å²) in [5.41, 5.74) is 1.13. The van der Waals surface area contributed by atoms with Crippen LogP contribution in [-0.2, 0) is 16.0 Å². The predicted molar refractivity (Wildman–Crippen MR) is 71.7 cm³/mol. The first-order chi connectivity index (χ1) is 8.56. The van der Waals surface area contributed by atoms with Gasteiger partial charge in [-0.05, 0) is 44.4 Å². The Kier molecular flexibility index (Phi) is 5.69. The van der Waals surface area contributed by atoms with Crippen molar-refractivity contribution in [2.45, 2.75) is 39.7 Å². The van der Waals surface area contributed by atoms with Crippen molar-refractivity contribution in [1.29, 1.82) is 0 Å². The standard InChI is InChI=1S/C15H22O3/c1-5-13(15(16)17-4)10-12-6-8-14(9-7-12)18-11(2)3/h6-9,11,13H,5,10H2,1-4H3. The molecule has 0 N–H and O–H groups in total. The minimum atomic E-state index is -0.139. The Balaban J connectivity index is 2.64. The van der Waals surface area contributed by atoms with Gasteiger partial charge in [0.1, 0.15) is 5.75 Å². The number of esters is 1. The van der Waals surface area contributed by atoms with Gasteiger partial charge in [-0.15, -0.1) is 0 Å². The molecule has 0 radical (unpaired) electrons. The molecule has 0 fully saturated rings. The molecule has 0 aliphatic heterocycles. The molecule has 1 unspecified atom stereocenters. The molecule has 0 bridgehead atoms. The first-order valence-electron chi connectivity index (χ1n) is 6.40. The van der Waals surface area contributed by atoms with Crippen LogP contribution in [-0.4, -0.2) is 19.2 Å². The summed E-state index contributed by atoms with van der Waals surface area (Å²) in [4.78, 5) is 11.5. The molecule has 0 heterocycles. The van der Waals surface area contributed by atoms with Gasteiger partial charge in [-0.25, -0.2) is 0 Å². The smallest absolute Gasteiger partial charge is 0.308 e. The highest BCUT2D eigenvalue weighted by atomic mass is 16.5. The fraction of sp³-hybridized carbons (Fsp3) is 0.533. The van der Waals surface area contributed by atoms with Crippen LogP contribution in [0, 0.1) is 5.92 Å². The summed E-state index contributed by atoms with van der Waals surface area (Å²) in [7, 11) is 1.44. The van der Waals surface area contributed by atoms with Gasteiger partial charge in [0.05, 0.1) is 19.1 Å². The minimum absolute atomic E-state index is 0.0631. The molecule has 0 aromatic heterocycles. The molecule has 100 valence electrons. The van der Waals surface area contributed by atoms with E-state index in [1.807, 2.05) is 45.0 Å². The molecule has 1 aromatic carbocycles. The lowest BCUT2D eigenvalue weighted by Gasteiger charge is -2.13. The van der Waals surface area contributed by atoms with Crippen LogP contribution in [0.2, 0.25) is 0 Å². The van der Waals surface area contributed by atoms with E-state index >= 15 is 0 Å². The zero-order chi connectivity index (χ0) is 13.5. The molecule has 3 nitrogen and oxygen atoms in total. The average Bonchev–Trinajstić information content (AvgIpc) is 2.36. The maximum atomic E-state index is 11.5. The Hall–Kier alpha value is -1.51. The molecule has 0 aliphatic carbocycles.